The number of nitrogens with zero attached hydrogens (tertiary/aromatic N) is 4. The van der Waals surface area contributed by atoms with Gasteiger partial charge in [-0.3, -0.25) is 4.79 Å². The summed E-state index contributed by atoms with van der Waals surface area (Å²) in [5.74, 6) is 1.15. The molecule has 1 amide bonds. The lowest BCUT2D eigenvalue weighted by atomic mass is 10.1. The quantitative estimate of drug-likeness (QED) is 0.893. The first-order chi connectivity index (χ1) is 10.7. The Morgan fingerprint density at radius 2 is 2.14 bits per heavy atom. The maximum absolute atomic E-state index is 11.4. The molecule has 6 heteroatoms. The van der Waals surface area contributed by atoms with Gasteiger partial charge in [-0.25, -0.2) is 9.97 Å². The highest BCUT2D eigenvalue weighted by molar-refractivity contribution is 5.73. The molecule has 0 unspecified atom stereocenters. The molecule has 0 radical (unpaired) electrons. The van der Waals surface area contributed by atoms with Gasteiger partial charge in [-0.15, -0.1) is 0 Å². The maximum atomic E-state index is 11.4. The Balaban J connectivity index is 1.55. The monoisotopic (exact) mass is 303 g/mol. The average molecular weight is 303 g/mol. The number of amides is 1. The second-order valence-electron chi connectivity index (χ2n) is 6.19. The van der Waals surface area contributed by atoms with Crippen LogP contribution in [0.5, 0.6) is 0 Å². The molecule has 0 saturated carbocycles. The number of aryl methyl sites for hydroxylation is 1. The van der Waals surface area contributed by atoms with E-state index in [4.69, 9.17) is 0 Å². The second-order valence-corrected chi connectivity index (χ2v) is 6.19. The van der Waals surface area contributed by atoms with Crippen molar-refractivity contribution in [1.82, 2.24) is 20.2 Å². The van der Waals surface area contributed by atoms with Gasteiger partial charge in [0.1, 0.15) is 12.1 Å². The standard InChI is InChI=1S/C16H25N5O/c1-13(22)20-7-9-21(10-8-20)16-11-15(18-12-19-16)5-4-14-3-2-6-17-14/h11-12,14,17H,2-10H2,1H3/t14-/m0/s1. The zero-order valence-electron chi connectivity index (χ0n) is 13.3. The van der Waals surface area contributed by atoms with Gasteiger partial charge in [-0.05, 0) is 32.2 Å². The van der Waals surface area contributed by atoms with Crippen LogP contribution in [0.4, 0.5) is 5.82 Å². The third-order valence-corrected chi connectivity index (χ3v) is 4.67. The minimum Gasteiger partial charge on any atom is -0.353 e. The topological polar surface area (TPSA) is 61.4 Å². The highest BCUT2D eigenvalue weighted by Gasteiger charge is 2.20. The maximum Gasteiger partial charge on any atom is 0.219 e. The predicted octanol–water partition coefficient (Wildman–Crippen LogP) is 0.830. The second kappa shape index (κ2) is 7.05. The van der Waals surface area contributed by atoms with Crippen molar-refractivity contribution in [2.24, 2.45) is 0 Å². The number of hydrogen-bond acceptors (Lipinski definition) is 5. The summed E-state index contributed by atoms with van der Waals surface area (Å²) < 4.78 is 0. The van der Waals surface area contributed by atoms with Crippen molar-refractivity contribution >= 4 is 11.7 Å². The number of rotatable bonds is 4. The molecule has 1 aromatic rings. The first-order valence-corrected chi connectivity index (χ1v) is 8.27. The van der Waals surface area contributed by atoms with Gasteiger partial charge >= 0.3 is 0 Å². The number of aromatic nitrogens is 2. The van der Waals surface area contributed by atoms with Crippen molar-refractivity contribution in [3.8, 4) is 0 Å². The summed E-state index contributed by atoms with van der Waals surface area (Å²) in [4.78, 5) is 24.3. The van der Waals surface area contributed by atoms with E-state index in [1.807, 2.05) is 4.90 Å². The van der Waals surface area contributed by atoms with Crippen LogP contribution < -0.4 is 10.2 Å². The Morgan fingerprint density at radius 3 is 2.82 bits per heavy atom. The van der Waals surface area contributed by atoms with Crippen molar-refractivity contribution in [1.29, 1.82) is 0 Å². The van der Waals surface area contributed by atoms with Crippen molar-refractivity contribution in [3.05, 3.63) is 18.1 Å². The lowest BCUT2D eigenvalue weighted by Crippen LogP contribution is -2.48. The summed E-state index contributed by atoms with van der Waals surface area (Å²) in [5.41, 5.74) is 1.12. The molecule has 0 aliphatic carbocycles. The molecular weight excluding hydrogens is 278 g/mol. The fourth-order valence-corrected chi connectivity index (χ4v) is 3.27. The molecule has 3 heterocycles. The average Bonchev–Trinajstić information content (AvgIpc) is 3.07. The fourth-order valence-electron chi connectivity index (χ4n) is 3.27. The highest BCUT2D eigenvalue weighted by atomic mass is 16.2. The van der Waals surface area contributed by atoms with Crippen LogP contribution in [-0.4, -0.2) is 59.5 Å². The van der Waals surface area contributed by atoms with Gasteiger partial charge in [0.15, 0.2) is 0 Å². The van der Waals surface area contributed by atoms with E-state index in [0.717, 1.165) is 57.1 Å². The van der Waals surface area contributed by atoms with Gasteiger partial charge in [-0.1, -0.05) is 0 Å². The molecule has 2 saturated heterocycles. The van der Waals surface area contributed by atoms with Crippen LogP contribution in [0.1, 0.15) is 31.9 Å². The number of hydrogen-bond donors (Lipinski definition) is 1. The lowest BCUT2D eigenvalue weighted by molar-refractivity contribution is -0.129. The Labute approximate surface area is 131 Å². The van der Waals surface area contributed by atoms with Crippen molar-refractivity contribution in [2.75, 3.05) is 37.6 Å². The Morgan fingerprint density at radius 1 is 1.32 bits per heavy atom. The van der Waals surface area contributed by atoms with Crippen LogP contribution in [0, 0.1) is 0 Å². The molecule has 2 aliphatic rings. The van der Waals surface area contributed by atoms with Gasteiger partial charge < -0.3 is 15.1 Å². The van der Waals surface area contributed by atoms with E-state index in [1.165, 1.54) is 12.8 Å². The minimum absolute atomic E-state index is 0.159. The first kappa shape index (κ1) is 15.2. The summed E-state index contributed by atoms with van der Waals surface area (Å²) >= 11 is 0. The van der Waals surface area contributed by atoms with Gasteiger partial charge in [0.05, 0.1) is 0 Å². The summed E-state index contributed by atoms with van der Waals surface area (Å²) in [6.45, 7) is 6.04. The summed E-state index contributed by atoms with van der Waals surface area (Å²) in [5, 5.41) is 3.53. The number of piperazine rings is 1. The Hall–Kier alpha value is -1.69. The minimum atomic E-state index is 0.159. The van der Waals surface area contributed by atoms with Gasteiger partial charge in [0.2, 0.25) is 5.91 Å². The molecule has 2 aliphatic heterocycles. The SMILES string of the molecule is CC(=O)N1CCN(c2cc(CC[C@@H]3CCCN3)ncn2)CC1. The van der Waals surface area contributed by atoms with E-state index in [1.54, 1.807) is 13.3 Å². The summed E-state index contributed by atoms with van der Waals surface area (Å²) in [6, 6.07) is 2.76. The lowest BCUT2D eigenvalue weighted by Gasteiger charge is -2.34. The van der Waals surface area contributed by atoms with Crippen molar-refractivity contribution in [2.45, 2.75) is 38.6 Å². The van der Waals surface area contributed by atoms with E-state index in [0.29, 0.717) is 6.04 Å². The number of anilines is 1. The molecule has 2 fully saturated rings. The Bertz CT molecular complexity index is 507. The van der Waals surface area contributed by atoms with Crippen LogP contribution in [0.2, 0.25) is 0 Å². The molecule has 0 spiro atoms. The third kappa shape index (κ3) is 3.74. The number of carbonyl (C=O) groups excluding carboxylic acids is 1. The molecule has 1 N–H and O–H groups in total. The van der Waals surface area contributed by atoms with Gasteiger partial charge in [0.25, 0.3) is 0 Å². The van der Waals surface area contributed by atoms with E-state index in [-0.39, 0.29) is 5.91 Å². The highest BCUT2D eigenvalue weighted by Crippen LogP contribution is 2.16. The molecule has 1 atom stereocenters. The van der Waals surface area contributed by atoms with Crippen LogP contribution in [0.15, 0.2) is 12.4 Å². The molecule has 0 aromatic carbocycles. The van der Waals surface area contributed by atoms with Crippen LogP contribution in [0.3, 0.4) is 0 Å². The molecule has 120 valence electrons. The molecule has 3 rings (SSSR count). The molecule has 0 bridgehead atoms. The third-order valence-electron chi connectivity index (χ3n) is 4.67. The smallest absolute Gasteiger partial charge is 0.219 e. The summed E-state index contributed by atoms with van der Waals surface area (Å²) in [6.07, 6.45) is 6.39. The first-order valence-electron chi connectivity index (χ1n) is 8.27. The molecule has 6 nitrogen and oxygen atoms in total. The molecule has 22 heavy (non-hydrogen) atoms. The van der Waals surface area contributed by atoms with Crippen molar-refractivity contribution < 1.29 is 4.79 Å². The molecule has 1 aromatic heterocycles. The normalized spacial score (nSPS) is 22.1. The van der Waals surface area contributed by atoms with Gasteiger partial charge in [-0.2, -0.15) is 0 Å². The largest absolute Gasteiger partial charge is 0.353 e. The van der Waals surface area contributed by atoms with E-state index >= 15 is 0 Å². The van der Waals surface area contributed by atoms with E-state index in [2.05, 4.69) is 26.3 Å². The van der Waals surface area contributed by atoms with Crippen LogP contribution >= 0.6 is 0 Å². The van der Waals surface area contributed by atoms with E-state index < -0.39 is 0 Å². The van der Waals surface area contributed by atoms with Crippen LogP contribution in [-0.2, 0) is 11.2 Å². The summed E-state index contributed by atoms with van der Waals surface area (Å²) in [7, 11) is 0. The number of carbonyl (C=O) groups is 1. The van der Waals surface area contributed by atoms with Crippen molar-refractivity contribution in [3.63, 3.8) is 0 Å². The Kier molecular flexibility index (Phi) is 4.87. The fraction of sp³-hybridized carbons (Fsp3) is 0.688. The zero-order valence-corrected chi connectivity index (χ0v) is 13.3. The number of nitrogens with one attached hydrogen (secondary N) is 1. The van der Waals surface area contributed by atoms with Crippen LogP contribution in [0.25, 0.3) is 0 Å². The zero-order chi connectivity index (χ0) is 15.4. The van der Waals surface area contributed by atoms with Gasteiger partial charge in [0, 0.05) is 50.9 Å². The van der Waals surface area contributed by atoms with E-state index in [9.17, 15) is 4.79 Å². The predicted molar refractivity (Wildman–Crippen MR) is 85.8 cm³/mol. The molecular formula is C16H25N5O.